The summed E-state index contributed by atoms with van der Waals surface area (Å²) in [5.41, 5.74) is 8.82. The number of pyridine rings is 1. The van der Waals surface area contributed by atoms with Crippen molar-refractivity contribution in [2.75, 3.05) is 18.5 Å². The summed E-state index contributed by atoms with van der Waals surface area (Å²) in [5.74, 6) is -5.13. The van der Waals surface area contributed by atoms with Crippen LogP contribution in [-0.2, 0) is 6.42 Å². The van der Waals surface area contributed by atoms with E-state index < -0.39 is 34.7 Å². The monoisotopic (exact) mass is 540 g/mol. The van der Waals surface area contributed by atoms with Gasteiger partial charge in [0.1, 0.15) is 5.82 Å². The highest BCUT2D eigenvalue weighted by molar-refractivity contribution is 5.94. The first kappa shape index (κ1) is 28.8. The van der Waals surface area contributed by atoms with Crippen molar-refractivity contribution in [3.8, 4) is 12.3 Å². The Morgan fingerprint density at radius 1 is 1.05 bits per heavy atom. The number of halogens is 4. The average Bonchev–Trinajstić information content (AvgIpc) is 2.95. The van der Waals surface area contributed by atoms with Crippen LogP contribution in [0.1, 0.15) is 29.0 Å². The van der Waals surface area contributed by atoms with Crippen LogP contribution in [0.3, 0.4) is 0 Å². The largest absolute Gasteiger partial charge is 0.352 e. The summed E-state index contributed by atoms with van der Waals surface area (Å²) in [7, 11) is 0. The Morgan fingerprint density at radius 3 is 2.49 bits per heavy atom. The lowest BCUT2D eigenvalue weighted by Gasteiger charge is -2.14. The van der Waals surface area contributed by atoms with E-state index in [9.17, 15) is 27.2 Å². The molecule has 1 amide bonds. The molecule has 0 bridgehead atoms. The first-order valence-electron chi connectivity index (χ1n) is 11.7. The maximum absolute atomic E-state index is 13.1. The number of aromatic nitrogens is 3. The molecule has 2 heterocycles. The van der Waals surface area contributed by atoms with Crippen molar-refractivity contribution in [1.82, 2.24) is 20.0 Å². The van der Waals surface area contributed by atoms with Gasteiger partial charge in [-0.2, -0.15) is 0 Å². The van der Waals surface area contributed by atoms with Gasteiger partial charge in [0, 0.05) is 25.6 Å². The summed E-state index contributed by atoms with van der Waals surface area (Å²) >= 11 is 0. The number of aryl methyl sites for hydroxylation is 1. The zero-order valence-electron chi connectivity index (χ0n) is 20.6. The lowest BCUT2D eigenvalue weighted by molar-refractivity contribution is 0.0947. The van der Waals surface area contributed by atoms with E-state index in [4.69, 9.17) is 12.2 Å². The van der Waals surface area contributed by atoms with E-state index in [2.05, 4.69) is 26.6 Å². The van der Waals surface area contributed by atoms with Crippen LogP contribution in [-0.4, -0.2) is 33.6 Å². The number of anilines is 1. The molecule has 4 rings (SSSR count). The number of carbonyl (C=O) groups excluding carboxylic acids is 1. The third kappa shape index (κ3) is 7.18. The fraction of sp³-hybridized carbons (Fsp3) is 0.185. The number of rotatable bonds is 8. The molecule has 4 aromatic rings. The third-order valence-electron chi connectivity index (χ3n) is 5.22. The van der Waals surface area contributed by atoms with Gasteiger partial charge in [-0.15, -0.1) is 12.3 Å². The fourth-order valence-corrected chi connectivity index (χ4v) is 3.31. The van der Waals surface area contributed by atoms with Crippen LogP contribution in [0.2, 0.25) is 0 Å². The molecule has 0 unspecified atom stereocenters. The predicted octanol–water partition coefficient (Wildman–Crippen LogP) is 3.55. The molecule has 12 heteroatoms. The Kier molecular flexibility index (Phi) is 10.1. The molecule has 0 aliphatic heterocycles. The number of terminal acetylenes is 1. The standard InChI is InChI=1S/C17H14N4O.C10H10F4N2O/c1-2-3-11-15-19-14-10-7-12-18-16(14)17(22)21(15)20-13-8-5-4-6-9-13;11-6-4-5(7(12)9(14)8(6)13)10(17)16-3-1-2-15/h1,4-10,12,20H,3,11H2;4H,1-3,15H2,(H,16,17). The van der Waals surface area contributed by atoms with Crippen LogP contribution in [0.15, 0.2) is 59.5 Å². The summed E-state index contributed by atoms with van der Waals surface area (Å²) in [5, 5.41) is 2.20. The number of benzene rings is 2. The lowest BCUT2D eigenvalue weighted by atomic mass is 10.1. The zero-order chi connectivity index (χ0) is 28.4. The van der Waals surface area contributed by atoms with E-state index in [0.717, 1.165) is 5.69 Å². The topological polar surface area (TPSA) is 115 Å². The van der Waals surface area contributed by atoms with E-state index in [-0.39, 0.29) is 12.1 Å². The van der Waals surface area contributed by atoms with Gasteiger partial charge in [-0.3, -0.25) is 15.0 Å². The van der Waals surface area contributed by atoms with E-state index in [1.165, 1.54) is 4.68 Å². The summed E-state index contributed by atoms with van der Waals surface area (Å²) in [6.45, 7) is 0.435. The van der Waals surface area contributed by atoms with Crippen molar-refractivity contribution in [2.45, 2.75) is 19.3 Å². The van der Waals surface area contributed by atoms with Crippen molar-refractivity contribution in [2.24, 2.45) is 5.73 Å². The van der Waals surface area contributed by atoms with Gasteiger partial charge in [0.15, 0.2) is 28.8 Å². The molecule has 4 N–H and O–H groups in total. The van der Waals surface area contributed by atoms with Crippen LogP contribution in [0, 0.1) is 35.6 Å². The second-order valence-corrected chi connectivity index (χ2v) is 7.97. The third-order valence-corrected chi connectivity index (χ3v) is 5.22. The fourth-order valence-electron chi connectivity index (χ4n) is 3.31. The quantitative estimate of drug-likeness (QED) is 0.104. The van der Waals surface area contributed by atoms with Crippen molar-refractivity contribution in [3.05, 3.63) is 99.7 Å². The van der Waals surface area contributed by atoms with Gasteiger partial charge in [-0.05, 0) is 43.3 Å². The lowest BCUT2D eigenvalue weighted by Crippen LogP contribution is -2.31. The Bertz CT molecular complexity index is 1550. The Balaban J connectivity index is 0.000000224. The second kappa shape index (κ2) is 13.7. The Hall–Kier alpha value is -4.76. The Labute approximate surface area is 220 Å². The molecule has 0 saturated heterocycles. The highest BCUT2D eigenvalue weighted by atomic mass is 19.2. The van der Waals surface area contributed by atoms with Crippen molar-refractivity contribution >= 4 is 22.6 Å². The molecule has 202 valence electrons. The van der Waals surface area contributed by atoms with Crippen LogP contribution in [0.5, 0.6) is 0 Å². The molecular formula is C27H24F4N6O2. The molecule has 0 radical (unpaired) electrons. The second-order valence-electron chi connectivity index (χ2n) is 7.97. The van der Waals surface area contributed by atoms with E-state index >= 15 is 0 Å². The number of nitrogens with two attached hydrogens (primary N) is 1. The molecule has 0 atom stereocenters. The maximum atomic E-state index is 13.1. The smallest absolute Gasteiger partial charge is 0.298 e. The van der Waals surface area contributed by atoms with Crippen LogP contribution < -0.4 is 22.0 Å². The minimum absolute atomic E-state index is 0.134. The molecule has 0 fully saturated rings. The normalized spacial score (nSPS) is 10.4. The molecule has 2 aromatic carbocycles. The molecule has 0 saturated carbocycles. The number of para-hydroxylation sites is 1. The minimum atomic E-state index is -2.01. The number of carbonyl (C=O) groups is 1. The van der Waals surface area contributed by atoms with Crippen molar-refractivity contribution in [3.63, 3.8) is 0 Å². The van der Waals surface area contributed by atoms with Gasteiger partial charge in [0.25, 0.3) is 11.5 Å². The first-order chi connectivity index (χ1) is 18.8. The Morgan fingerprint density at radius 2 is 1.79 bits per heavy atom. The SMILES string of the molecule is C#CCCc1nc2cccnc2c(=O)n1Nc1ccccc1.NCCCNC(=O)c1cc(F)c(F)c(F)c1F. The molecule has 39 heavy (non-hydrogen) atoms. The molecule has 0 aliphatic carbocycles. The predicted molar refractivity (Wildman–Crippen MR) is 139 cm³/mol. The van der Waals surface area contributed by atoms with Gasteiger partial charge in [0.2, 0.25) is 0 Å². The molecular weight excluding hydrogens is 516 g/mol. The van der Waals surface area contributed by atoms with Gasteiger partial charge in [-0.1, -0.05) is 18.2 Å². The van der Waals surface area contributed by atoms with Gasteiger partial charge >= 0.3 is 0 Å². The molecule has 0 aliphatic rings. The van der Waals surface area contributed by atoms with Gasteiger partial charge in [-0.25, -0.2) is 32.2 Å². The summed E-state index contributed by atoms with van der Waals surface area (Å²) in [4.78, 5) is 32.6. The van der Waals surface area contributed by atoms with Crippen molar-refractivity contribution < 1.29 is 22.4 Å². The number of hydrogen-bond acceptors (Lipinski definition) is 6. The van der Waals surface area contributed by atoms with Gasteiger partial charge < -0.3 is 11.1 Å². The number of nitrogens with one attached hydrogen (secondary N) is 2. The first-order valence-corrected chi connectivity index (χ1v) is 11.7. The van der Waals surface area contributed by atoms with Crippen molar-refractivity contribution in [1.29, 1.82) is 0 Å². The number of nitrogens with zero attached hydrogens (tertiary/aromatic N) is 3. The minimum Gasteiger partial charge on any atom is -0.352 e. The molecule has 8 nitrogen and oxygen atoms in total. The number of amides is 1. The van der Waals surface area contributed by atoms with E-state index in [1.54, 1.807) is 18.3 Å². The summed E-state index contributed by atoms with van der Waals surface area (Å²) in [6.07, 6.45) is 8.36. The number of hydrogen-bond donors (Lipinski definition) is 3. The molecule has 0 spiro atoms. The van der Waals surface area contributed by atoms with Crippen LogP contribution in [0.25, 0.3) is 11.0 Å². The molecule has 2 aromatic heterocycles. The van der Waals surface area contributed by atoms with Gasteiger partial charge in [0.05, 0.1) is 16.8 Å². The van der Waals surface area contributed by atoms with E-state index in [0.29, 0.717) is 48.7 Å². The summed E-state index contributed by atoms with van der Waals surface area (Å²) < 4.78 is 52.8. The highest BCUT2D eigenvalue weighted by Gasteiger charge is 2.22. The summed E-state index contributed by atoms with van der Waals surface area (Å²) in [6, 6.07) is 13.3. The highest BCUT2D eigenvalue weighted by Crippen LogP contribution is 2.18. The maximum Gasteiger partial charge on any atom is 0.298 e. The van der Waals surface area contributed by atoms with E-state index in [1.807, 2.05) is 30.3 Å². The van der Waals surface area contributed by atoms with Crippen LogP contribution in [0.4, 0.5) is 23.2 Å². The number of fused-ring (bicyclic) bond motifs is 1. The zero-order valence-corrected chi connectivity index (χ0v) is 20.6. The van der Waals surface area contributed by atoms with Crippen LogP contribution >= 0.6 is 0 Å². The average molecular weight is 541 g/mol.